The van der Waals surface area contributed by atoms with E-state index in [2.05, 4.69) is 10.1 Å². The molecular weight excluding hydrogens is 588 g/mol. The minimum absolute atomic E-state index is 0.0437. The maximum atomic E-state index is 13.7. The molecule has 0 aliphatic rings. The minimum Gasteiger partial charge on any atom is -0.334 e. The van der Waals surface area contributed by atoms with E-state index in [1.807, 2.05) is 6.92 Å². The molecule has 0 saturated carbocycles. The highest BCUT2D eigenvalue weighted by molar-refractivity contribution is 6.18. The van der Waals surface area contributed by atoms with Crippen LogP contribution in [-0.2, 0) is 35.3 Å². The fourth-order valence-electron chi connectivity index (χ4n) is 4.46. The van der Waals surface area contributed by atoms with E-state index >= 15 is 0 Å². The SMILES string of the molecule is CCCn1c(=O)c2c(nc(-c3cnn(Cc4cccc(C(F)(F)F)c4)c3)n2C(OCCCl)OCCCl)n(CC)c1=O. The first kappa shape index (κ1) is 30.8. The maximum Gasteiger partial charge on any atom is 0.416 e. The topological polar surface area (TPSA) is 98.1 Å². The molecule has 0 fully saturated rings. The number of alkyl halides is 5. The summed E-state index contributed by atoms with van der Waals surface area (Å²) in [5, 5.41) is 4.31. The lowest BCUT2D eigenvalue weighted by molar-refractivity contribution is -0.182. The number of hydrogen-bond acceptors (Lipinski definition) is 6. The van der Waals surface area contributed by atoms with Gasteiger partial charge in [0.2, 0.25) is 6.41 Å². The van der Waals surface area contributed by atoms with E-state index in [4.69, 9.17) is 32.7 Å². The molecule has 0 radical (unpaired) electrons. The Hall–Kier alpha value is -3.13. The first-order valence-electron chi connectivity index (χ1n) is 12.9. The molecule has 4 rings (SSSR count). The van der Waals surface area contributed by atoms with Crippen molar-refractivity contribution >= 4 is 34.4 Å². The van der Waals surface area contributed by atoms with Crippen LogP contribution in [0.1, 0.15) is 37.8 Å². The summed E-state index contributed by atoms with van der Waals surface area (Å²) >= 11 is 11.8. The number of nitrogens with zero attached hydrogens (tertiary/aromatic N) is 6. The molecule has 41 heavy (non-hydrogen) atoms. The van der Waals surface area contributed by atoms with Crippen molar-refractivity contribution in [2.24, 2.45) is 0 Å². The summed E-state index contributed by atoms with van der Waals surface area (Å²) in [6, 6.07) is 4.96. The average Bonchev–Trinajstić information content (AvgIpc) is 3.56. The van der Waals surface area contributed by atoms with E-state index < -0.39 is 29.4 Å². The van der Waals surface area contributed by atoms with E-state index in [0.717, 1.165) is 16.7 Å². The zero-order valence-corrected chi connectivity index (χ0v) is 23.9. The fourth-order valence-corrected chi connectivity index (χ4v) is 4.64. The van der Waals surface area contributed by atoms with Gasteiger partial charge in [-0.05, 0) is 31.0 Å². The molecule has 0 aliphatic carbocycles. The van der Waals surface area contributed by atoms with E-state index in [0.29, 0.717) is 17.5 Å². The summed E-state index contributed by atoms with van der Waals surface area (Å²) in [6.45, 7) is 4.22. The molecule has 1 aromatic carbocycles. The molecule has 0 saturated heterocycles. The maximum absolute atomic E-state index is 13.7. The molecule has 0 spiro atoms. The quantitative estimate of drug-likeness (QED) is 0.160. The van der Waals surface area contributed by atoms with Crippen molar-refractivity contribution in [3.05, 3.63) is 68.6 Å². The second kappa shape index (κ2) is 13.2. The Morgan fingerprint density at radius 1 is 1.05 bits per heavy atom. The van der Waals surface area contributed by atoms with Crippen LogP contribution < -0.4 is 11.2 Å². The summed E-state index contributed by atoms with van der Waals surface area (Å²) in [5.41, 5.74) is -0.818. The normalized spacial score (nSPS) is 12.2. The summed E-state index contributed by atoms with van der Waals surface area (Å²) < 4.78 is 56.8. The van der Waals surface area contributed by atoms with E-state index in [-0.39, 0.29) is 61.6 Å². The molecule has 0 aliphatic heterocycles. The van der Waals surface area contributed by atoms with Crippen LogP contribution in [0.25, 0.3) is 22.6 Å². The molecule has 0 unspecified atom stereocenters. The van der Waals surface area contributed by atoms with Crippen molar-refractivity contribution in [2.45, 2.75) is 52.5 Å². The van der Waals surface area contributed by atoms with Crippen LogP contribution in [0.4, 0.5) is 13.2 Å². The first-order chi connectivity index (χ1) is 19.6. The molecule has 222 valence electrons. The monoisotopic (exact) mass is 616 g/mol. The van der Waals surface area contributed by atoms with Crippen LogP contribution >= 0.6 is 23.2 Å². The van der Waals surface area contributed by atoms with Crippen LogP contribution in [0.5, 0.6) is 0 Å². The van der Waals surface area contributed by atoms with Gasteiger partial charge in [0.1, 0.15) is 5.82 Å². The molecular formula is C26H29Cl2F3N6O4. The lowest BCUT2D eigenvalue weighted by atomic mass is 10.1. The van der Waals surface area contributed by atoms with Crippen LogP contribution in [-0.4, -0.2) is 53.4 Å². The standard InChI is InChI=1S/C26H29Cl2F3N6O4/c1-3-10-36-23(38)20-22(35(4-2)24(36)39)33-21(37(20)25(40-11-8-27)41-12-9-28)18-14-32-34(16-18)15-17-6-5-7-19(13-17)26(29,30)31/h5-7,13-14,16,25H,3-4,8-12,15H2,1-2H3. The summed E-state index contributed by atoms with van der Waals surface area (Å²) in [7, 11) is 0. The number of hydrogen-bond donors (Lipinski definition) is 0. The number of halogens is 5. The molecule has 3 aromatic heterocycles. The summed E-state index contributed by atoms with van der Waals surface area (Å²) in [6.07, 6.45) is -2.06. The van der Waals surface area contributed by atoms with Crippen molar-refractivity contribution in [3.63, 3.8) is 0 Å². The van der Waals surface area contributed by atoms with Gasteiger partial charge in [-0.2, -0.15) is 18.3 Å². The van der Waals surface area contributed by atoms with Gasteiger partial charge in [-0.15, -0.1) is 23.2 Å². The van der Waals surface area contributed by atoms with Gasteiger partial charge in [0.15, 0.2) is 11.2 Å². The number of benzene rings is 1. The van der Waals surface area contributed by atoms with Crippen LogP contribution in [0.2, 0.25) is 0 Å². The predicted octanol–water partition coefficient (Wildman–Crippen LogP) is 4.69. The molecule has 4 aromatic rings. The molecule has 0 N–H and O–H groups in total. The third-order valence-corrected chi connectivity index (χ3v) is 6.51. The van der Waals surface area contributed by atoms with Crippen molar-refractivity contribution in [1.29, 1.82) is 0 Å². The highest BCUT2D eigenvalue weighted by Gasteiger charge is 2.31. The largest absolute Gasteiger partial charge is 0.416 e. The Labute approximate surface area is 242 Å². The number of aryl methyl sites for hydroxylation is 1. The minimum atomic E-state index is -4.48. The molecule has 0 atom stereocenters. The Morgan fingerprint density at radius 2 is 1.76 bits per heavy atom. The summed E-state index contributed by atoms with van der Waals surface area (Å²) in [5.74, 6) is 0.478. The van der Waals surface area contributed by atoms with Crippen molar-refractivity contribution in [2.75, 3.05) is 25.0 Å². The van der Waals surface area contributed by atoms with E-state index in [9.17, 15) is 22.8 Å². The number of aromatic nitrogens is 6. The van der Waals surface area contributed by atoms with Crippen molar-refractivity contribution in [3.8, 4) is 11.4 Å². The zero-order valence-electron chi connectivity index (χ0n) is 22.4. The number of imidazole rings is 1. The number of rotatable bonds is 13. The molecule has 15 heteroatoms. The number of ether oxygens (including phenoxy) is 2. The van der Waals surface area contributed by atoms with Gasteiger partial charge in [0.05, 0.1) is 37.1 Å². The van der Waals surface area contributed by atoms with Crippen LogP contribution in [0, 0.1) is 0 Å². The molecule has 0 bridgehead atoms. The second-order valence-electron chi connectivity index (χ2n) is 9.01. The Bertz CT molecular complexity index is 1600. The molecule has 10 nitrogen and oxygen atoms in total. The first-order valence-corrected chi connectivity index (χ1v) is 14.0. The fraction of sp³-hybridized carbons (Fsp3) is 0.462. The lowest BCUT2D eigenvalue weighted by Gasteiger charge is -2.21. The van der Waals surface area contributed by atoms with Gasteiger partial charge in [-0.1, -0.05) is 19.1 Å². The Kier molecular flexibility index (Phi) is 9.95. The second-order valence-corrected chi connectivity index (χ2v) is 9.77. The summed E-state index contributed by atoms with van der Waals surface area (Å²) in [4.78, 5) is 31.5. The predicted molar refractivity (Wildman–Crippen MR) is 148 cm³/mol. The Balaban J connectivity index is 1.90. The molecule has 3 heterocycles. The Morgan fingerprint density at radius 3 is 2.37 bits per heavy atom. The van der Waals surface area contributed by atoms with Gasteiger partial charge < -0.3 is 9.47 Å². The molecule has 0 amide bonds. The van der Waals surface area contributed by atoms with Gasteiger partial charge >= 0.3 is 11.9 Å². The van der Waals surface area contributed by atoms with Gasteiger partial charge in [0.25, 0.3) is 5.56 Å². The average molecular weight is 617 g/mol. The highest BCUT2D eigenvalue weighted by Crippen LogP contribution is 2.31. The van der Waals surface area contributed by atoms with Gasteiger partial charge in [0, 0.05) is 31.0 Å². The van der Waals surface area contributed by atoms with Crippen molar-refractivity contribution in [1.82, 2.24) is 28.5 Å². The smallest absolute Gasteiger partial charge is 0.334 e. The van der Waals surface area contributed by atoms with Gasteiger partial charge in [-0.3, -0.25) is 23.2 Å². The van der Waals surface area contributed by atoms with E-state index in [1.165, 1.54) is 26.1 Å². The highest BCUT2D eigenvalue weighted by atomic mass is 35.5. The van der Waals surface area contributed by atoms with E-state index in [1.54, 1.807) is 19.2 Å². The van der Waals surface area contributed by atoms with Crippen LogP contribution in [0.15, 0.2) is 46.2 Å². The van der Waals surface area contributed by atoms with Crippen LogP contribution in [0.3, 0.4) is 0 Å². The third kappa shape index (κ3) is 6.53. The zero-order chi connectivity index (χ0) is 29.7. The third-order valence-electron chi connectivity index (χ3n) is 6.20. The number of fused-ring (bicyclic) bond motifs is 1. The van der Waals surface area contributed by atoms with Crippen molar-refractivity contribution < 1.29 is 22.6 Å². The van der Waals surface area contributed by atoms with Gasteiger partial charge in [-0.25, -0.2) is 9.78 Å². The lowest BCUT2D eigenvalue weighted by Crippen LogP contribution is -2.40.